The predicted octanol–water partition coefficient (Wildman–Crippen LogP) is 3.46. The van der Waals surface area contributed by atoms with Crippen LogP contribution in [0.3, 0.4) is 0 Å². The van der Waals surface area contributed by atoms with Crippen molar-refractivity contribution in [2.45, 2.75) is 6.92 Å². The van der Waals surface area contributed by atoms with Crippen molar-refractivity contribution in [3.05, 3.63) is 54.6 Å². The lowest BCUT2D eigenvalue weighted by molar-refractivity contribution is 0.0844. The SMILES string of the molecule is CC1CN(c2ccccc2)c2nc3ccccc3n2C1=O. The molecule has 2 aromatic carbocycles. The number of rotatable bonds is 1. The van der Waals surface area contributed by atoms with Gasteiger partial charge in [-0.05, 0) is 24.3 Å². The molecule has 4 rings (SSSR count). The molecule has 1 unspecified atom stereocenters. The average molecular weight is 277 g/mol. The first-order valence-corrected chi connectivity index (χ1v) is 7.10. The molecular formula is C17H15N3O. The Hall–Kier alpha value is -2.62. The Bertz CT molecular complexity index is 822. The Morgan fingerprint density at radius 1 is 1.05 bits per heavy atom. The molecule has 2 heterocycles. The molecule has 1 aliphatic heterocycles. The van der Waals surface area contributed by atoms with Crippen LogP contribution in [0.4, 0.5) is 11.6 Å². The standard InChI is InChI=1S/C17H15N3O/c1-12-11-19(13-7-3-2-4-8-13)17-18-14-9-5-6-10-15(14)20(17)16(12)21/h2-10,12H,11H2,1H3. The highest BCUT2D eigenvalue weighted by Crippen LogP contribution is 2.33. The third-order valence-electron chi connectivity index (χ3n) is 3.95. The number of imidazole rings is 1. The summed E-state index contributed by atoms with van der Waals surface area (Å²) in [6.07, 6.45) is 0. The van der Waals surface area contributed by atoms with E-state index in [1.165, 1.54) is 0 Å². The second-order valence-electron chi connectivity index (χ2n) is 5.42. The molecule has 0 bridgehead atoms. The molecule has 21 heavy (non-hydrogen) atoms. The highest BCUT2D eigenvalue weighted by molar-refractivity contribution is 5.97. The number of hydrogen-bond acceptors (Lipinski definition) is 3. The van der Waals surface area contributed by atoms with Crippen LogP contribution in [-0.4, -0.2) is 22.0 Å². The van der Waals surface area contributed by atoms with Gasteiger partial charge < -0.3 is 4.90 Å². The van der Waals surface area contributed by atoms with Gasteiger partial charge in [-0.2, -0.15) is 0 Å². The molecule has 4 nitrogen and oxygen atoms in total. The maximum Gasteiger partial charge on any atom is 0.238 e. The molecule has 0 spiro atoms. The molecule has 1 aliphatic rings. The van der Waals surface area contributed by atoms with Gasteiger partial charge in [0.25, 0.3) is 0 Å². The zero-order valence-electron chi connectivity index (χ0n) is 11.7. The van der Waals surface area contributed by atoms with E-state index >= 15 is 0 Å². The van der Waals surface area contributed by atoms with Crippen LogP contribution in [0, 0.1) is 5.92 Å². The van der Waals surface area contributed by atoms with Gasteiger partial charge in [0, 0.05) is 12.2 Å². The van der Waals surface area contributed by atoms with Crippen LogP contribution >= 0.6 is 0 Å². The summed E-state index contributed by atoms with van der Waals surface area (Å²) in [6, 6.07) is 17.9. The minimum atomic E-state index is -0.0599. The van der Waals surface area contributed by atoms with Crippen molar-refractivity contribution in [1.82, 2.24) is 9.55 Å². The van der Waals surface area contributed by atoms with Crippen LogP contribution in [0.5, 0.6) is 0 Å². The van der Waals surface area contributed by atoms with Gasteiger partial charge in [-0.3, -0.25) is 4.79 Å². The van der Waals surface area contributed by atoms with Gasteiger partial charge in [0.15, 0.2) is 0 Å². The van der Waals surface area contributed by atoms with Crippen LogP contribution < -0.4 is 4.90 Å². The van der Waals surface area contributed by atoms with Crippen molar-refractivity contribution in [1.29, 1.82) is 0 Å². The van der Waals surface area contributed by atoms with E-state index in [-0.39, 0.29) is 11.8 Å². The van der Waals surface area contributed by atoms with Crippen LogP contribution in [0.2, 0.25) is 0 Å². The van der Waals surface area contributed by atoms with Crippen molar-refractivity contribution in [3.8, 4) is 0 Å². The van der Waals surface area contributed by atoms with E-state index in [0.29, 0.717) is 12.5 Å². The highest BCUT2D eigenvalue weighted by atomic mass is 16.2. The van der Waals surface area contributed by atoms with E-state index in [1.807, 2.05) is 61.5 Å². The van der Waals surface area contributed by atoms with E-state index in [9.17, 15) is 4.79 Å². The third-order valence-corrected chi connectivity index (χ3v) is 3.95. The zero-order chi connectivity index (χ0) is 14.4. The summed E-state index contributed by atoms with van der Waals surface area (Å²) >= 11 is 0. The first-order valence-electron chi connectivity index (χ1n) is 7.10. The summed E-state index contributed by atoms with van der Waals surface area (Å²) in [5.74, 6) is 0.770. The normalized spacial score (nSPS) is 18.0. The fourth-order valence-corrected chi connectivity index (χ4v) is 2.89. The number of aromatic nitrogens is 2. The molecule has 0 saturated carbocycles. The van der Waals surface area contributed by atoms with E-state index < -0.39 is 0 Å². The zero-order valence-corrected chi connectivity index (χ0v) is 11.7. The van der Waals surface area contributed by atoms with Gasteiger partial charge in [0.05, 0.1) is 17.0 Å². The summed E-state index contributed by atoms with van der Waals surface area (Å²) in [7, 11) is 0. The lowest BCUT2D eigenvalue weighted by Crippen LogP contribution is -2.39. The van der Waals surface area contributed by atoms with Crippen molar-refractivity contribution in [3.63, 3.8) is 0 Å². The van der Waals surface area contributed by atoms with Crippen LogP contribution in [0.1, 0.15) is 11.7 Å². The molecule has 1 aromatic heterocycles. The van der Waals surface area contributed by atoms with Crippen LogP contribution in [-0.2, 0) is 0 Å². The van der Waals surface area contributed by atoms with Crippen molar-refractivity contribution in [2.75, 3.05) is 11.4 Å². The number of fused-ring (bicyclic) bond motifs is 3. The fourth-order valence-electron chi connectivity index (χ4n) is 2.89. The summed E-state index contributed by atoms with van der Waals surface area (Å²) in [6.45, 7) is 2.63. The first kappa shape index (κ1) is 12.1. The Morgan fingerprint density at radius 3 is 2.57 bits per heavy atom. The lowest BCUT2D eigenvalue weighted by atomic mass is 10.1. The van der Waals surface area contributed by atoms with E-state index in [1.54, 1.807) is 4.57 Å². The highest BCUT2D eigenvalue weighted by Gasteiger charge is 2.32. The molecule has 4 heteroatoms. The van der Waals surface area contributed by atoms with Crippen molar-refractivity contribution < 1.29 is 4.79 Å². The number of carbonyl (C=O) groups is 1. The number of carbonyl (C=O) groups excluding carboxylic acids is 1. The number of anilines is 2. The predicted molar refractivity (Wildman–Crippen MR) is 83.0 cm³/mol. The van der Waals surface area contributed by atoms with Gasteiger partial charge in [-0.1, -0.05) is 37.3 Å². The summed E-state index contributed by atoms with van der Waals surface area (Å²) in [4.78, 5) is 19.3. The van der Waals surface area contributed by atoms with Gasteiger partial charge in [-0.15, -0.1) is 0 Å². The quantitative estimate of drug-likeness (QED) is 0.683. The molecule has 1 atom stereocenters. The maximum absolute atomic E-state index is 12.6. The minimum absolute atomic E-state index is 0.0599. The Labute approximate surface area is 122 Å². The van der Waals surface area contributed by atoms with E-state index in [4.69, 9.17) is 0 Å². The molecule has 0 radical (unpaired) electrons. The molecule has 0 amide bonds. The number of nitrogens with zero attached hydrogens (tertiary/aromatic N) is 3. The van der Waals surface area contributed by atoms with E-state index in [0.717, 1.165) is 16.7 Å². The molecule has 0 fully saturated rings. The summed E-state index contributed by atoms with van der Waals surface area (Å²) < 4.78 is 1.75. The second kappa shape index (κ2) is 4.45. The Kier molecular flexibility index (Phi) is 2.57. The fraction of sp³-hybridized carbons (Fsp3) is 0.176. The largest absolute Gasteiger partial charge is 0.311 e. The summed E-state index contributed by atoms with van der Waals surface area (Å²) in [5, 5.41) is 0. The number of benzene rings is 2. The van der Waals surface area contributed by atoms with Gasteiger partial charge in [-0.25, -0.2) is 9.55 Å². The van der Waals surface area contributed by atoms with Crippen LogP contribution in [0.15, 0.2) is 54.6 Å². The molecule has 3 aromatic rings. The third kappa shape index (κ3) is 1.76. The van der Waals surface area contributed by atoms with Crippen molar-refractivity contribution >= 4 is 28.6 Å². The smallest absolute Gasteiger partial charge is 0.238 e. The molecule has 0 saturated heterocycles. The van der Waals surface area contributed by atoms with Gasteiger partial charge in [0.1, 0.15) is 0 Å². The molecule has 0 aliphatic carbocycles. The van der Waals surface area contributed by atoms with Gasteiger partial charge in [0.2, 0.25) is 11.9 Å². The van der Waals surface area contributed by atoms with Crippen molar-refractivity contribution in [2.24, 2.45) is 5.92 Å². The lowest BCUT2D eigenvalue weighted by Gasteiger charge is -2.31. The monoisotopic (exact) mass is 277 g/mol. The Balaban J connectivity index is 1.98. The molecule has 0 N–H and O–H groups in total. The second-order valence-corrected chi connectivity index (χ2v) is 5.42. The summed E-state index contributed by atoms with van der Waals surface area (Å²) in [5.41, 5.74) is 2.80. The van der Waals surface area contributed by atoms with Gasteiger partial charge >= 0.3 is 0 Å². The number of para-hydroxylation sites is 3. The van der Waals surface area contributed by atoms with E-state index in [2.05, 4.69) is 9.88 Å². The topological polar surface area (TPSA) is 38.1 Å². The van der Waals surface area contributed by atoms with Crippen LogP contribution in [0.25, 0.3) is 11.0 Å². The molecular weight excluding hydrogens is 262 g/mol. The Morgan fingerprint density at radius 2 is 1.76 bits per heavy atom. The first-order chi connectivity index (χ1) is 10.3. The minimum Gasteiger partial charge on any atom is -0.311 e. The number of hydrogen-bond donors (Lipinski definition) is 0. The average Bonchev–Trinajstić information content (AvgIpc) is 2.91. The molecule has 104 valence electrons. The maximum atomic E-state index is 12.6.